The molecule has 1 rings (SSSR count). The fraction of sp³-hybridized carbons (Fsp3) is 0.444. The van der Waals surface area contributed by atoms with Crippen LogP contribution in [0.4, 0.5) is 0 Å². The van der Waals surface area contributed by atoms with Gasteiger partial charge in [0.05, 0.1) is 0 Å². The number of aliphatic hydroxyl groups excluding tert-OH is 1. The molecule has 0 saturated heterocycles. The van der Waals surface area contributed by atoms with Crippen LogP contribution in [-0.4, -0.2) is 10.9 Å². The van der Waals surface area contributed by atoms with Crippen molar-refractivity contribution in [3.63, 3.8) is 0 Å². The Balaban J connectivity index is 2.93. The van der Waals surface area contributed by atoms with Crippen LogP contribution in [0.25, 0.3) is 0 Å². The third kappa shape index (κ3) is 1.50. The number of carbonyl (C=O) groups excluding carboxylic acids is 1. The number of hydrogen-bond acceptors (Lipinski definition) is 2. The van der Waals surface area contributed by atoms with E-state index in [2.05, 4.69) is 0 Å². The van der Waals surface area contributed by atoms with Gasteiger partial charge in [0.15, 0.2) is 5.76 Å². The number of carbonyl (C=O) groups is 1. The zero-order valence-electron chi connectivity index (χ0n) is 6.79. The molecule has 0 aromatic carbocycles. The van der Waals surface area contributed by atoms with Gasteiger partial charge in [-0.25, -0.2) is 0 Å². The summed E-state index contributed by atoms with van der Waals surface area (Å²) < 4.78 is 0. The van der Waals surface area contributed by atoms with Crippen molar-refractivity contribution in [3.8, 4) is 0 Å². The molecule has 0 saturated carbocycles. The number of ketones is 1. The van der Waals surface area contributed by atoms with Crippen molar-refractivity contribution in [2.24, 2.45) is 5.92 Å². The fourth-order valence-corrected chi connectivity index (χ4v) is 1.14. The molecule has 2 nitrogen and oxygen atoms in total. The van der Waals surface area contributed by atoms with Gasteiger partial charge in [0, 0.05) is 0 Å². The van der Waals surface area contributed by atoms with E-state index in [0.29, 0.717) is 6.42 Å². The summed E-state index contributed by atoms with van der Waals surface area (Å²) in [4.78, 5) is 10.9. The molecular formula is C9H12O2. The maximum absolute atomic E-state index is 10.9. The van der Waals surface area contributed by atoms with E-state index in [1.807, 2.05) is 13.8 Å². The quantitative estimate of drug-likeness (QED) is 0.623. The van der Waals surface area contributed by atoms with Crippen molar-refractivity contribution >= 4 is 5.78 Å². The van der Waals surface area contributed by atoms with Crippen molar-refractivity contribution in [2.75, 3.05) is 0 Å². The zero-order chi connectivity index (χ0) is 8.43. The molecule has 0 fully saturated rings. The molecule has 60 valence electrons. The Labute approximate surface area is 66.2 Å². The second kappa shape index (κ2) is 2.91. The van der Waals surface area contributed by atoms with Gasteiger partial charge in [-0.2, -0.15) is 0 Å². The Morgan fingerprint density at radius 3 is 2.64 bits per heavy atom. The first-order valence-corrected chi connectivity index (χ1v) is 3.75. The summed E-state index contributed by atoms with van der Waals surface area (Å²) in [5, 5.41) is 9.29. The minimum absolute atomic E-state index is 0.0532. The van der Waals surface area contributed by atoms with E-state index in [1.165, 1.54) is 6.08 Å². The smallest absolute Gasteiger partial charge is 0.219 e. The van der Waals surface area contributed by atoms with Crippen LogP contribution in [0.5, 0.6) is 0 Å². The third-order valence-electron chi connectivity index (χ3n) is 1.84. The normalized spacial score (nSPS) is 18.3. The molecule has 0 aromatic rings. The summed E-state index contributed by atoms with van der Waals surface area (Å²) in [6.07, 6.45) is 3.91. The van der Waals surface area contributed by atoms with E-state index in [4.69, 9.17) is 0 Å². The number of aliphatic hydroxyl groups is 1. The summed E-state index contributed by atoms with van der Waals surface area (Å²) in [5.41, 5.74) is 0.845. The highest BCUT2D eigenvalue weighted by Crippen LogP contribution is 2.21. The summed E-state index contributed by atoms with van der Waals surface area (Å²) in [5.74, 6) is -0.0636. The van der Waals surface area contributed by atoms with Crippen LogP contribution in [0.3, 0.4) is 0 Å². The predicted molar refractivity (Wildman–Crippen MR) is 43.3 cm³/mol. The minimum atomic E-state index is -0.264. The molecular weight excluding hydrogens is 140 g/mol. The molecule has 0 bridgehead atoms. The maximum atomic E-state index is 10.9. The molecule has 0 aliphatic heterocycles. The Hall–Kier alpha value is -1.05. The van der Waals surface area contributed by atoms with Gasteiger partial charge in [-0.15, -0.1) is 0 Å². The molecule has 11 heavy (non-hydrogen) atoms. The summed E-state index contributed by atoms with van der Waals surface area (Å²) in [6, 6.07) is 0. The van der Waals surface area contributed by atoms with Crippen LogP contribution in [-0.2, 0) is 4.79 Å². The number of allylic oxidation sites excluding steroid dienone is 3. The Morgan fingerprint density at radius 1 is 1.55 bits per heavy atom. The second-order valence-corrected chi connectivity index (χ2v) is 3.00. The predicted octanol–water partition coefficient (Wildman–Crippen LogP) is 1.98. The molecule has 1 aliphatic rings. The first-order chi connectivity index (χ1) is 5.13. The van der Waals surface area contributed by atoms with Crippen LogP contribution in [0.1, 0.15) is 20.3 Å². The van der Waals surface area contributed by atoms with E-state index >= 15 is 0 Å². The average Bonchev–Trinajstić information content (AvgIpc) is 1.94. The molecule has 1 N–H and O–H groups in total. The van der Waals surface area contributed by atoms with E-state index in [-0.39, 0.29) is 17.5 Å². The summed E-state index contributed by atoms with van der Waals surface area (Å²) in [7, 11) is 0. The molecule has 0 spiro atoms. The minimum Gasteiger partial charge on any atom is -0.504 e. The number of hydrogen-bond donors (Lipinski definition) is 1. The molecule has 0 radical (unpaired) electrons. The topological polar surface area (TPSA) is 37.3 Å². The highest BCUT2D eigenvalue weighted by molar-refractivity contribution is 6.03. The van der Waals surface area contributed by atoms with Gasteiger partial charge in [0.1, 0.15) is 0 Å². The van der Waals surface area contributed by atoms with Gasteiger partial charge in [-0.3, -0.25) is 4.79 Å². The van der Waals surface area contributed by atoms with Crippen molar-refractivity contribution in [2.45, 2.75) is 20.3 Å². The van der Waals surface area contributed by atoms with Crippen molar-refractivity contribution in [1.82, 2.24) is 0 Å². The van der Waals surface area contributed by atoms with Crippen molar-refractivity contribution in [1.29, 1.82) is 0 Å². The van der Waals surface area contributed by atoms with Crippen LogP contribution in [0, 0.1) is 5.92 Å². The van der Waals surface area contributed by atoms with E-state index in [0.717, 1.165) is 5.57 Å². The summed E-state index contributed by atoms with van der Waals surface area (Å²) in [6.45, 7) is 3.94. The Kier molecular flexibility index (Phi) is 2.13. The van der Waals surface area contributed by atoms with Crippen LogP contribution >= 0.6 is 0 Å². The Bertz CT molecular complexity index is 234. The van der Waals surface area contributed by atoms with E-state index in [9.17, 15) is 9.90 Å². The van der Waals surface area contributed by atoms with Crippen molar-refractivity contribution in [3.05, 3.63) is 23.5 Å². The molecule has 1 aliphatic carbocycles. The lowest BCUT2D eigenvalue weighted by Crippen LogP contribution is -2.09. The molecule has 0 unspecified atom stereocenters. The molecule has 2 heteroatoms. The van der Waals surface area contributed by atoms with E-state index < -0.39 is 0 Å². The van der Waals surface area contributed by atoms with Gasteiger partial charge in [-0.05, 0) is 24.0 Å². The Morgan fingerprint density at radius 2 is 2.18 bits per heavy atom. The summed E-state index contributed by atoms with van der Waals surface area (Å²) >= 11 is 0. The lowest BCUT2D eigenvalue weighted by atomic mass is 9.93. The van der Waals surface area contributed by atoms with Gasteiger partial charge in [0.2, 0.25) is 5.78 Å². The second-order valence-electron chi connectivity index (χ2n) is 3.00. The fourth-order valence-electron chi connectivity index (χ4n) is 1.14. The zero-order valence-corrected chi connectivity index (χ0v) is 6.79. The van der Waals surface area contributed by atoms with Gasteiger partial charge in [-0.1, -0.05) is 19.9 Å². The van der Waals surface area contributed by atoms with Crippen LogP contribution in [0.15, 0.2) is 23.5 Å². The maximum Gasteiger partial charge on any atom is 0.219 e. The first-order valence-electron chi connectivity index (χ1n) is 3.75. The third-order valence-corrected chi connectivity index (χ3v) is 1.84. The average molecular weight is 152 g/mol. The number of rotatable bonds is 1. The van der Waals surface area contributed by atoms with Gasteiger partial charge in [0.25, 0.3) is 0 Å². The van der Waals surface area contributed by atoms with Gasteiger partial charge < -0.3 is 5.11 Å². The molecule has 0 amide bonds. The standard InChI is InChI=1S/C9H12O2/c1-6(2)7-4-3-5-8(10)9(7)11/h3,5-6,11H,4H2,1-2H3. The van der Waals surface area contributed by atoms with Crippen molar-refractivity contribution < 1.29 is 9.90 Å². The highest BCUT2D eigenvalue weighted by Gasteiger charge is 2.16. The SMILES string of the molecule is CC(C)C1=C(O)C(=O)C=CC1. The van der Waals surface area contributed by atoms with Crippen LogP contribution in [0.2, 0.25) is 0 Å². The first kappa shape index (κ1) is 8.05. The molecule has 0 aromatic heterocycles. The highest BCUT2D eigenvalue weighted by atomic mass is 16.3. The lowest BCUT2D eigenvalue weighted by Gasteiger charge is -2.13. The molecule has 0 heterocycles. The lowest BCUT2D eigenvalue weighted by molar-refractivity contribution is -0.113. The molecule has 0 atom stereocenters. The monoisotopic (exact) mass is 152 g/mol. The van der Waals surface area contributed by atoms with Crippen LogP contribution < -0.4 is 0 Å². The van der Waals surface area contributed by atoms with E-state index in [1.54, 1.807) is 6.08 Å². The van der Waals surface area contributed by atoms with Gasteiger partial charge >= 0.3 is 0 Å². The largest absolute Gasteiger partial charge is 0.504 e.